The zero-order valence-electron chi connectivity index (χ0n) is 12.9. The van der Waals surface area contributed by atoms with Crippen LogP contribution >= 0.6 is 0 Å². The summed E-state index contributed by atoms with van der Waals surface area (Å²) in [5.41, 5.74) is 3.07. The van der Waals surface area contributed by atoms with Gasteiger partial charge in [0.15, 0.2) is 5.65 Å². The Kier molecular flexibility index (Phi) is 3.07. The topological polar surface area (TPSA) is 85.6 Å². The third kappa shape index (κ3) is 2.44. The van der Waals surface area contributed by atoms with Gasteiger partial charge in [0.2, 0.25) is 5.95 Å². The smallest absolute Gasteiger partial charge is 0.258 e. The molecule has 1 saturated carbocycles. The molecule has 3 aromatic heterocycles. The van der Waals surface area contributed by atoms with Crippen LogP contribution in [0.15, 0.2) is 24.5 Å². The van der Waals surface area contributed by atoms with Crippen molar-refractivity contribution in [3.8, 4) is 0 Å². The second-order valence-corrected chi connectivity index (χ2v) is 5.80. The molecule has 1 aliphatic carbocycles. The molecule has 0 radical (unpaired) electrons. The summed E-state index contributed by atoms with van der Waals surface area (Å²) < 4.78 is 1.73. The zero-order chi connectivity index (χ0) is 16.0. The van der Waals surface area contributed by atoms with E-state index < -0.39 is 0 Å². The number of hydrogen-bond donors (Lipinski definition) is 1. The number of anilines is 1. The van der Waals surface area contributed by atoms with Crippen molar-refractivity contribution >= 4 is 22.9 Å². The molecule has 7 nitrogen and oxygen atoms in total. The van der Waals surface area contributed by atoms with E-state index >= 15 is 0 Å². The first-order chi connectivity index (χ1) is 11.1. The van der Waals surface area contributed by atoms with E-state index in [4.69, 9.17) is 4.98 Å². The molecule has 116 valence electrons. The van der Waals surface area contributed by atoms with E-state index in [1.807, 2.05) is 20.0 Å². The number of nitrogens with one attached hydrogen (secondary N) is 1. The van der Waals surface area contributed by atoms with Crippen LogP contribution in [0.3, 0.4) is 0 Å². The van der Waals surface area contributed by atoms with Gasteiger partial charge in [-0.25, -0.2) is 15.0 Å². The van der Waals surface area contributed by atoms with Gasteiger partial charge in [0.25, 0.3) is 5.91 Å². The number of carbonyl (C=O) groups is 1. The molecule has 1 aliphatic rings. The lowest BCUT2D eigenvalue weighted by Crippen LogP contribution is -2.15. The molecule has 7 heteroatoms. The average Bonchev–Trinajstić information content (AvgIpc) is 3.35. The second kappa shape index (κ2) is 5.12. The van der Waals surface area contributed by atoms with Gasteiger partial charge in [0.1, 0.15) is 0 Å². The number of aromatic nitrogens is 5. The van der Waals surface area contributed by atoms with Crippen molar-refractivity contribution in [1.29, 1.82) is 0 Å². The molecule has 23 heavy (non-hydrogen) atoms. The second-order valence-electron chi connectivity index (χ2n) is 5.80. The monoisotopic (exact) mass is 308 g/mol. The van der Waals surface area contributed by atoms with Crippen molar-refractivity contribution < 1.29 is 4.79 Å². The van der Waals surface area contributed by atoms with Crippen molar-refractivity contribution in [1.82, 2.24) is 24.7 Å². The minimum atomic E-state index is -0.235. The zero-order valence-corrected chi connectivity index (χ0v) is 12.9. The van der Waals surface area contributed by atoms with Gasteiger partial charge < -0.3 is 0 Å². The predicted molar refractivity (Wildman–Crippen MR) is 85.2 cm³/mol. The third-order valence-corrected chi connectivity index (χ3v) is 4.02. The van der Waals surface area contributed by atoms with E-state index in [0.29, 0.717) is 11.5 Å². The Labute approximate surface area is 132 Å². The van der Waals surface area contributed by atoms with E-state index in [9.17, 15) is 4.79 Å². The molecule has 0 aliphatic heterocycles. The van der Waals surface area contributed by atoms with Crippen LogP contribution in [0, 0.1) is 6.92 Å². The van der Waals surface area contributed by atoms with Gasteiger partial charge in [-0.15, -0.1) is 0 Å². The van der Waals surface area contributed by atoms with E-state index in [2.05, 4.69) is 20.4 Å². The molecule has 0 unspecified atom stereocenters. The van der Waals surface area contributed by atoms with E-state index in [1.54, 1.807) is 23.1 Å². The standard InChI is InChI=1S/C16H16N6O/c1-9-13-11(15(23)20-16-17-6-3-7-18-16)8-12(10-4-5-10)19-14(13)22(2)21-9/h3,6-8,10H,4-5H2,1-2H3,(H,17,18,20,23). The highest BCUT2D eigenvalue weighted by Gasteiger charge is 2.28. The van der Waals surface area contributed by atoms with Crippen molar-refractivity contribution in [2.45, 2.75) is 25.7 Å². The summed E-state index contributed by atoms with van der Waals surface area (Å²) >= 11 is 0. The summed E-state index contributed by atoms with van der Waals surface area (Å²) in [4.78, 5) is 25.5. The first-order valence-electron chi connectivity index (χ1n) is 7.56. The number of rotatable bonds is 3. The summed E-state index contributed by atoms with van der Waals surface area (Å²) in [7, 11) is 1.85. The maximum atomic E-state index is 12.7. The molecular formula is C16H16N6O. The largest absolute Gasteiger partial charge is 0.290 e. The fourth-order valence-corrected chi connectivity index (χ4v) is 2.76. The lowest BCUT2D eigenvalue weighted by molar-refractivity contribution is 0.102. The molecular weight excluding hydrogens is 292 g/mol. The van der Waals surface area contributed by atoms with Crippen LogP contribution in [0.25, 0.3) is 11.0 Å². The molecule has 4 rings (SSSR count). The lowest BCUT2D eigenvalue weighted by atomic mass is 10.1. The Bertz CT molecular complexity index is 898. The predicted octanol–water partition coefficient (Wildman–Crippen LogP) is 2.20. The fraction of sp³-hybridized carbons (Fsp3) is 0.312. The number of nitrogens with zero attached hydrogens (tertiary/aromatic N) is 5. The van der Waals surface area contributed by atoms with Crippen LogP contribution in [0.4, 0.5) is 5.95 Å². The Morgan fingerprint density at radius 2 is 2.04 bits per heavy atom. The number of pyridine rings is 1. The molecule has 0 saturated heterocycles. The quantitative estimate of drug-likeness (QED) is 0.801. The van der Waals surface area contributed by atoms with Gasteiger partial charge in [0.05, 0.1) is 16.6 Å². The summed E-state index contributed by atoms with van der Waals surface area (Å²) in [6, 6.07) is 3.59. The summed E-state index contributed by atoms with van der Waals surface area (Å²) in [6.45, 7) is 1.89. The SMILES string of the molecule is Cc1nn(C)c2nc(C3CC3)cc(C(=O)Nc3ncccn3)c12. The third-order valence-electron chi connectivity index (χ3n) is 4.02. The summed E-state index contributed by atoms with van der Waals surface area (Å²) in [5, 5.41) is 7.93. The molecule has 0 bridgehead atoms. The fourth-order valence-electron chi connectivity index (χ4n) is 2.76. The van der Waals surface area contributed by atoms with E-state index in [0.717, 1.165) is 35.3 Å². The van der Waals surface area contributed by atoms with E-state index in [-0.39, 0.29) is 11.9 Å². The Morgan fingerprint density at radius 1 is 1.30 bits per heavy atom. The number of hydrogen-bond acceptors (Lipinski definition) is 5. The van der Waals surface area contributed by atoms with Gasteiger partial charge in [-0.3, -0.25) is 14.8 Å². The number of aryl methyl sites for hydroxylation is 2. The molecule has 1 amide bonds. The van der Waals surface area contributed by atoms with Gasteiger partial charge >= 0.3 is 0 Å². The first kappa shape index (κ1) is 13.8. The minimum Gasteiger partial charge on any atom is -0.290 e. The first-order valence-corrected chi connectivity index (χ1v) is 7.56. The van der Waals surface area contributed by atoms with Crippen LogP contribution in [-0.4, -0.2) is 30.6 Å². The van der Waals surface area contributed by atoms with Crippen LogP contribution in [-0.2, 0) is 7.05 Å². The molecule has 1 N–H and O–H groups in total. The lowest BCUT2D eigenvalue weighted by Gasteiger charge is -2.07. The van der Waals surface area contributed by atoms with Gasteiger partial charge in [0, 0.05) is 31.1 Å². The maximum Gasteiger partial charge on any atom is 0.258 e. The molecule has 3 aromatic rings. The molecule has 0 spiro atoms. The Balaban J connectivity index is 1.82. The molecule has 1 fully saturated rings. The maximum absolute atomic E-state index is 12.7. The minimum absolute atomic E-state index is 0.235. The highest BCUT2D eigenvalue weighted by Crippen LogP contribution is 2.40. The summed E-state index contributed by atoms with van der Waals surface area (Å²) in [6.07, 6.45) is 5.43. The van der Waals surface area contributed by atoms with E-state index in [1.165, 1.54) is 0 Å². The Morgan fingerprint density at radius 3 is 2.74 bits per heavy atom. The van der Waals surface area contributed by atoms with Gasteiger partial charge in [-0.1, -0.05) is 0 Å². The van der Waals surface area contributed by atoms with Crippen LogP contribution in [0.1, 0.15) is 40.5 Å². The number of carbonyl (C=O) groups excluding carboxylic acids is 1. The van der Waals surface area contributed by atoms with Crippen molar-refractivity contribution in [3.63, 3.8) is 0 Å². The summed E-state index contributed by atoms with van der Waals surface area (Å²) in [5.74, 6) is 0.507. The van der Waals surface area contributed by atoms with Crippen LogP contribution < -0.4 is 5.32 Å². The highest BCUT2D eigenvalue weighted by molar-refractivity contribution is 6.12. The molecule has 0 atom stereocenters. The van der Waals surface area contributed by atoms with Gasteiger partial charge in [-0.2, -0.15) is 5.10 Å². The van der Waals surface area contributed by atoms with Crippen molar-refractivity contribution in [2.75, 3.05) is 5.32 Å². The Hall–Kier alpha value is -2.83. The average molecular weight is 308 g/mol. The van der Waals surface area contributed by atoms with Gasteiger partial charge in [-0.05, 0) is 31.9 Å². The molecule has 0 aromatic carbocycles. The highest BCUT2D eigenvalue weighted by atomic mass is 16.1. The number of fused-ring (bicyclic) bond motifs is 1. The molecule has 3 heterocycles. The van der Waals surface area contributed by atoms with Crippen molar-refractivity contribution in [2.24, 2.45) is 7.05 Å². The van der Waals surface area contributed by atoms with Crippen LogP contribution in [0.2, 0.25) is 0 Å². The number of amides is 1. The van der Waals surface area contributed by atoms with Crippen LogP contribution in [0.5, 0.6) is 0 Å². The van der Waals surface area contributed by atoms with Crippen molar-refractivity contribution in [3.05, 3.63) is 41.5 Å². The normalized spacial score (nSPS) is 14.2.